The van der Waals surface area contributed by atoms with Crippen molar-refractivity contribution in [1.82, 2.24) is 34.5 Å². The summed E-state index contributed by atoms with van der Waals surface area (Å²) in [7, 11) is 0. The van der Waals surface area contributed by atoms with Crippen LogP contribution in [0.2, 0.25) is 0 Å². The Bertz CT molecular complexity index is 3900. The van der Waals surface area contributed by atoms with Gasteiger partial charge in [-0.05, 0) is 88.3 Å². The zero-order chi connectivity index (χ0) is 42.1. The van der Waals surface area contributed by atoms with Crippen molar-refractivity contribution in [2.75, 3.05) is 0 Å². The van der Waals surface area contributed by atoms with Gasteiger partial charge < -0.3 is 4.57 Å². The normalized spacial score (nSPS) is 11.8. The van der Waals surface area contributed by atoms with Crippen molar-refractivity contribution in [3.63, 3.8) is 0 Å². The van der Waals surface area contributed by atoms with Gasteiger partial charge in [-0.25, -0.2) is 29.9 Å². The van der Waals surface area contributed by atoms with E-state index in [9.17, 15) is 0 Å². The van der Waals surface area contributed by atoms with Crippen molar-refractivity contribution in [3.05, 3.63) is 200 Å². The Morgan fingerprint density at radius 3 is 1.56 bits per heavy atom. The number of pyridine rings is 1. The fourth-order valence-electron chi connectivity index (χ4n) is 8.97. The fourth-order valence-corrected chi connectivity index (χ4v) is 10.1. The van der Waals surface area contributed by atoms with Crippen molar-refractivity contribution < 1.29 is 0 Å². The van der Waals surface area contributed by atoms with Crippen LogP contribution in [0.3, 0.4) is 0 Å². The molecule has 8 heteroatoms. The number of hydrogen-bond acceptors (Lipinski definition) is 7. The molecule has 0 spiro atoms. The summed E-state index contributed by atoms with van der Waals surface area (Å²) >= 11 is 1.62. The molecule has 7 nitrogen and oxygen atoms in total. The molecule has 0 unspecified atom stereocenters. The van der Waals surface area contributed by atoms with Crippen LogP contribution in [0.25, 0.3) is 126 Å². The number of thiophene rings is 1. The highest BCUT2D eigenvalue weighted by atomic mass is 32.1. The van der Waals surface area contributed by atoms with E-state index in [1.54, 1.807) is 11.3 Å². The van der Waals surface area contributed by atoms with E-state index in [2.05, 4.69) is 162 Å². The third kappa shape index (κ3) is 6.03. The average molecular weight is 836 g/mol. The topological polar surface area (TPSA) is 82.3 Å². The quantitative estimate of drug-likeness (QED) is 0.155. The number of hydrogen-bond donors (Lipinski definition) is 0. The Labute approximate surface area is 370 Å². The second kappa shape index (κ2) is 14.6. The van der Waals surface area contributed by atoms with Gasteiger partial charge in [-0.2, -0.15) is 0 Å². The highest BCUT2D eigenvalue weighted by Crippen LogP contribution is 2.40. The summed E-state index contributed by atoms with van der Waals surface area (Å²) in [5.41, 5.74) is 9.77. The standard InChI is InChI=1S/C56H33N7S/c1-2-11-35(12-3-1)52-60-53(62-54(61-52)37-26-28-43(29-27-37)63-47-18-8-6-15-44(47)45-16-7-9-19-48(45)63)36-22-20-34(21-23-36)49-51-50(46-17-10-30-57-56(46)64-51)59-55(58-49)41-25-24-40-31-38-13-4-5-14-39(38)32-42(40)33-41/h1-33H. The molecule has 0 saturated heterocycles. The second-order valence-electron chi connectivity index (χ2n) is 16.0. The molecule has 13 aromatic rings. The van der Waals surface area contributed by atoms with Crippen LogP contribution >= 0.6 is 11.3 Å². The Morgan fingerprint density at radius 1 is 0.359 bits per heavy atom. The van der Waals surface area contributed by atoms with Crippen LogP contribution in [0.15, 0.2) is 200 Å². The van der Waals surface area contributed by atoms with Gasteiger partial charge in [0.2, 0.25) is 0 Å². The minimum atomic E-state index is 0.588. The van der Waals surface area contributed by atoms with Gasteiger partial charge in [0, 0.05) is 55.9 Å². The maximum atomic E-state index is 5.30. The van der Waals surface area contributed by atoms with Crippen LogP contribution in [0.1, 0.15) is 0 Å². The molecule has 0 saturated carbocycles. The van der Waals surface area contributed by atoms with Gasteiger partial charge in [-0.3, -0.25) is 0 Å². The number of aromatic nitrogens is 7. The lowest BCUT2D eigenvalue weighted by Crippen LogP contribution is -2.00. The van der Waals surface area contributed by atoms with Crippen molar-refractivity contribution in [2.24, 2.45) is 0 Å². The van der Waals surface area contributed by atoms with E-state index >= 15 is 0 Å². The number of fused-ring (bicyclic) bond motifs is 8. The second-order valence-corrected chi connectivity index (χ2v) is 17.0. The van der Waals surface area contributed by atoms with Gasteiger partial charge >= 0.3 is 0 Å². The molecule has 0 radical (unpaired) electrons. The summed E-state index contributed by atoms with van der Waals surface area (Å²) in [5.74, 6) is 2.47. The van der Waals surface area contributed by atoms with Crippen LogP contribution in [-0.4, -0.2) is 34.5 Å². The molecule has 0 aliphatic carbocycles. The number of nitrogens with zero attached hydrogens (tertiary/aromatic N) is 7. The third-order valence-electron chi connectivity index (χ3n) is 12.1. The molecule has 0 amide bonds. The third-order valence-corrected chi connectivity index (χ3v) is 13.2. The molecule has 5 heterocycles. The van der Waals surface area contributed by atoms with Crippen molar-refractivity contribution >= 4 is 75.1 Å². The van der Waals surface area contributed by atoms with Gasteiger partial charge in [0.05, 0.1) is 26.9 Å². The van der Waals surface area contributed by atoms with E-state index < -0.39 is 0 Å². The predicted octanol–water partition coefficient (Wildman–Crippen LogP) is 14.2. The highest BCUT2D eigenvalue weighted by Gasteiger charge is 2.19. The summed E-state index contributed by atoms with van der Waals surface area (Å²) in [5, 5.41) is 8.22. The molecular weight excluding hydrogens is 803 g/mol. The maximum Gasteiger partial charge on any atom is 0.164 e. The van der Waals surface area contributed by atoms with E-state index in [1.165, 1.54) is 38.0 Å². The molecule has 298 valence electrons. The van der Waals surface area contributed by atoms with Gasteiger partial charge in [0.1, 0.15) is 4.83 Å². The summed E-state index contributed by atoms with van der Waals surface area (Å²) < 4.78 is 3.31. The molecule has 5 aromatic heterocycles. The first-order chi connectivity index (χ1) is 31.7. The monoisotopic (exact) mass is 835 g/mol. The zero-order valence-electron chi connectivity index (χ0n) is 34.1. The summed E-state index contributed by atoms with van der Waals surface area (Å²) in [6.45, 7) is 0. The number of para-hydroxylation sites is 2. The molecule has 0 atom stereocenters. The van der Waals surface area contributed by atoms with E-state index in [0.29, 0.717) is 23.3 Å². The van der Waals surface area contributed by atoms with Crippen LogP contribution in [0.5, 0.6) is 0 Å². The van der Waals surface area contributed by atoms with Crippen LogP contribution in [-0.2, 0) is 0 Å². The van der Waals surface area contributed by atoms with E-state index in [1.807, 2.05) is 42.6 Å². The molecule has 0 bridgehead atoms. The Kier molecular flexibility index (Phi) is 8.25. The van der Waals surface area contributed by atoms with E-state index in [-0.39, 0.29) is 0 Å². The molecule has 0 fully saturated rings. The zero-order valence-corrected chi connectivity index (χ0v) is 34.9. The van der Waals surface area contributed by atoms with Crippen LogP contribution < -0.4 is 0 Å². The molecule has 13 rings (SSSR count). The highest BCUT2D eigenvalue weighted by molar-refractivity contribution is 7.25. The SMILES string of the molecule is c1ccc(-c2nc(-c3ccc(-c4nc(-c5ccc6cc7ccccc7cc6c5)nc5c4sc4ncccc45)cc3)nc(-c3ccc(-n4c5ccccc5c5ccccc54)cc3)n2)cc1. The van der Waals surface area contributed by atoms with Crippen molar-refractivity contribution in [1.29, 1.82) is 0 Å². The first kappa shape index (κ1) is 36.2. The van der Waals surface area contributed by atoms with E-state index in [4.69, 9.17) is 29.9 Å². The molecule has 0 aliphatic heterocycles. The van der Waals surface area contributed by atoms with Gasteiger partial charge in [0.25, 0.3) is 0 Å². The predicted molar refractivity (Wildman–Crippen MR) is 263 cm³/mol. The van der Waals surface area contributed by atoms with Crippen LogP contribution in [0.4, 0.5) is 0 Å². The van der Waals surface area contributed by atoms with E-state index in [0.717, 1.165) is 65.0 Å². The first-order valence-electron chi connectivity index (χ1n) is 21.2. The summed E-state index contributed by atoms with van der Waals surface area (Å²) in [6.07, 6.45) is 1.83. The summed E-state index contributed by atoms with van der Waals surface area (Å²) in [6, 6.07) is 67.6. The van der Waals surface area contributed by atoms with Gasteiger partial charge in [-0.15, -0.1) is 11.3 Å². The lowest BCUT2D eigenvalue weighted by Gasteiger charge is -2.11. The Morgan fingerprint density at radius 2 is 0.875 bits per heavy atom. The minimum Gasteiger partial charge on any atom is -0.309 e. The largest absolute Gasteiger partial charge is 0.309 e. The lowest BCUT2D eigenvalue weighted by atomic mass is 10.0. The molecule has 64 heavy (non-hydrogen) atoms. The van der Waals surface area contributed by atoms with Gasteiger partial charge in [-0.1, -0.05) is 127 Å². The van der Waals surface area contributed by atoms with Crippen LogP contribution in [0, 0.1) is 0 Å². The molecular formula is C56H33N7S. The minimum absolute atomic E-state index is 0.588. The average Bonchev–Trinajstić information content (AvgIpc) is 3.91. The number of benzene rings is 8. The summed E-state index contributed by atoms with van der Waals surface area (Å²) in [4.78, 5) is 31.3. The molecule has 0 aliphatic rings. The first-order valence-corrected chi connectivity index (χ1v) is 22.0. The van der Waals surface area contributed by atoms with Gasteiger partial charge in [0.15, 0.2) is 23.3 Å². The number of rotatable bonds is 6. The lowest BCUT2D eigenvalue weighted by molar-refractivity contribution is 1.07. The van der Waals surface area contributed by atoms with Crippen molar-refractivity contribution in [2.45, 2.75) is 0 Å². The Balaban J connectivity index is 0.908. The Hall–Kier alpha value is -8.46. The van der Waals surface area contributed by atoms with Crippen molar-refractivity contribution in [3.8, 4) is 62.5 Å². The molecule has 8 aromatic carbocycles. The maximum absolute atomic E-state index is 5.30. The smallest absolute Gasteiger partial charge is 0.164 e. The molecule has 0 N–H and O–H groups in total. The fraction of sp³-hybridized carbons (Fsp3) is 0.